The molecule has 1 unspecified atom stereocenters. The first-order valence-electron chi connectivity index (χ1n) is 8.45. The van der Waals surface area contributed by atoms with Gasteiger partial charge in [-0.2, -0.15) is 0 Å². The minimum absolute atomic E-state index is 0.0314. The Morgan fingerprint density at radius 3 is 2.54 bits per heavy atom. The van der Waals surface area contributed by atoms with E-state index in [4.69, 9.17) is 0 Å². The first-order valence-corrected chi connectivity index (χ1v) is 9.33. The van der Waals surface area contributed by atoms with Crippen LogP contribution in [0.15, 0.2) is 53.9 Å². The highest BCUT2D eigenvalue weighted by atomic mass is 32.1. The van der Waals surface area contributed by atoms with Crippen LogP contribution in [-0.4, -0.2) is 16.8 Å². The summed E-state index contributed by atoms with van der Waals surface area (Å²) in [5.74, 6) is -2.46. The Balaban J connectivity index is 1.69. The topological polar surface area (TPSA) is 71.1 Å². The largest absolute Gasteiger partial charge is 0.349 e. The Kier molecular flexibility index (Phi) is 6.10. The summed E-state index contributed by atoms with van der Waals surface area (Å²) in [5, 5.41) is 7.42. The summed E-state index contributed by atoms with van der Waals surface area (Å²) in [6.07, 6.45) is 0.0314. The van der Waals surface area contributed by atoms with Gasteiger partial charge in [0.15, 0.2) is 16.8 Å². The lowest BCUT2D eigenvalue weighted by molar-refractivity contribution is -0.120. The molecule has 3 rings (SSSR count). The highest BCUT2D eigenvalue weighted by molar-refractivity contribution is 7.14. The lowest BCUT2D eigenvalue weighted by atomic mass is 10.0. The van der Waals surface area contributed by atoms with Gasteiger partial charge in [-0.05, 0) is 23.8 Å². The molecular formula is C20H17F2N3O2S. The van der Waals surface area contributed by atoms with Crippen molar-refractivity contribution in [1.29, 1.82) is 0 Å². The Morgan fingerprint density at radius 2 is 1.86 bits per heavy atom. The van der Waals surface area contributed by atoms with E-state index >= 15 is 0 Å². The first kappa shape index (κ1) is 19.6. The molecule has 8 heteroatoms. The monoisotopic (exact) mass is 401 g/mol. The van der Waals surface area contributed by atoms with Crippen LogP contribution in [0.3, 0.4) is 0 Å². The number of hydrogen-bond acceptors (Lipinski definition) is 4. The number of halogens is 2. The molecule has 28 heavy (non-hydrogen) atoms. The van der Waals surface area contributed by atoms with E-state index in [9.17, 15) is 18.4 Å². The summed E-state index contributed by atoms with van der Waals surface area (Å²) in [7, 11) is 0. The molecule has 1 aromatic heterocycles. The number of nitrogens with zero attached hydrogens (tertiary/aromatic N) is 1. The molecule has 0 aliphatic rings. The fourth-order valence-electron chi connectivity index (χ4n) is 2.66. The van der Waals surface area contributed by atoms with Crippen LogP contribution in [0.4, 0.5) is 13.9 Å². The van der Waals surface area contributed by atoms with Gasteiger partial charge in [0.2, 0.25) is 11.8 Å². The molecule has 0 aliphatic carbocycles. The van der Waals surface area contributed by atoms with Crippen molar-refractivity contribution in [3.05, 3.63) is 71.1 Å². The predicted octanol–water partition coefficient (Wildman–Crippen LogP) is 4.29. The maximum atomic E-state index is 13.4. The molecule has 0 bridgehead atoms. The normalized spacial score (nSPS) is 11.7. The van der Waals surface area contributed by atoms with Gasteiger partial charge in [0.25, 0.3) is 0 Å². The fraction of sp³-hybridized carbons (Fsp3) is 0.150. The molecule has 1 heterocycles. The van der Waals surface area contributed by atoms with Crippen LogP contribution in [-0.2, 0) is 9.59 Å². The number of nitrogens with one attached hydrogen (secondary N) is 2. The van der Waals surface area contributed by atoms with Crippen molar-refractivity contribution in [3.8, 4) is 11.3 Å². The van der Waals surface area contributed by atoms with E-state index in [0.717, 1.165) is 17.7 Å². The van der Waals surface area contributed by atoms with E-state index in [2.05, 4.69) is 15.6 Å². The zero-order chi connectivity index (χ0) is 20.1. The van der Waals surface area contributed by atoms with Crippen molar-refractivity contribution >= 4 is 28.3 Å². The Hall–Kier alpha value is -3.13. The summed E-state index contributed by atoms with van der Waals surface area (Å²) in [6.45, 7) is 1.39. The molecule has 2 N–H and O–H groups in total. The van der Waals surface area contributed by atoms with Crippen molar-refractivity contribution in [3.63, 3.8) is 0 Å². The number of thiazole rings is 1. The van der Waals surface area contributed by atoms with Crippen LogP contribution in [0.5, 0.6) is 0 Å². The minimum atomic E-state index is -0.961. The average Bonchev–Trinajstić information content (AvgIpc) is 3.12. The number of carbonyl (C=O) groups excluding carboxylic acids is 2. The van der Waals surface area contributed by atoms with Crippen molar-refractivity contribution in [1.82, 2.24) is 10.3 Å². The summed E-state index contributed by atoms with van der Waals surface area (Å²) >= 11 is 1.17. The summed E-state index contributed by atoms with van der Waals surface area (Å²) in [5.41, 5.74) is 1.66. The predicted molar refractivity (Wildman–Crippen MR) is 104 cm³/mol. The highest BCUT2D eigenvalue weighted by Gasteiger charge is 2.18. The molecule has 0 aliphatic heterocycles. The third kappa shape index (κ3) is 4.98. The fourth-order valence-corrected chi connectivity index (χ4v) is 3.39. The maximum Gasteiger partial charge on any atom is 0.228 e. The summed E-state index contributed by atoms with van der Waals surface area (Å²) < 4.78 is 26.5. The number of benzene rings is 2. The number of rotatable bonds is 6. The van der Waals surface area contributed by atoms with Crippen LogP contribution in [0.1, 0.15) is 24.9 Å². The number of hydrogen-bond donors (Lipinski definition) is 2. The molecule has 2 amide bonds. The number of aromatic nitrogens is 1. The van der Waals surface area contributed by atoms with Crippen molar-refractivity contribution in [2.45, 2.75) is 19.4 Å². The molecule has 3 aromatic rings. The van der Waals surface area contributed by atoms with Crippen molar-refractivity contribution < 1.29 is 18.4 Å². The number of amides is 2. The number of anilines is 1. The van der Waals surface area contributed by atoms with Gasteiger partial charge in [0.1, 0.15) is 0 Å². The van der Waals surface area contributed by atoms with Gasteiger partial charge in [-0.1, -0.05) is 30.3 Å². The van der Waals surface area contributed by atoms with E-state index in [1.807, 2.05) is 30.3 Å². The maximum absolute atomic E-state index is 13.4. The molecule has 0 spiro atoms. The zero-order valence-corrected chi connectivity index (χ0v) is 15.7. The lowest BCUT2D eigenvalue weighted by Gasteiger charge is -2.17. The third-order valence-electron chi connectivity index (χ3n) is 3.93. The van der Waals surface area contributed by atoms with E-state index in [1.165, 1.54) is 24.3 Å². The van der Waals surface area contributed by atoms with Crippen molar-refractivity contribution in [2.24, 2.45) is 0 Å². The van der Waals surface area contributed by atoms with Crippen LogP contribution >= 0.6 is 11.3 Å². The standard InChI is InChI=1S/C20H17F2N3O2S/c1-12(26)23-17(13-5-3-2-4-6-13)10-19(27)25-20-24-18(11-28-20)14-7-8-15(21)16(22)9-14/h2-9,11,17H,10H2,1H3,(H,23,26)(H,24,25,27). The lowest BCUT2D eigenvalue weighted by Crippen LogP contribution is -2.29. The summed E-state index contributed by atoms with van der Waals surface area (Å²) in [6, 6.07) is 12.2. The molecule has 0 saturated heterocycles. The Bertz CT molecular complexity index is 992. The van der Waals surface area contributed by atoms with Crippen LogP contribution in [0, 0.1) is 11.6 Å². The summed E-state index contributed by atoms with van der Waals surface area (Å²) in [4.78, 5) is 28.1. The zero-order valence-electron chi connectivity index (χ0n) is 14.9. The van der Waals surface area contributed by atoms with E-state index < -0.39 is 17.7 Å². The van der Waals surface area contributed by atoms with E-state index in [0.29, 0.717) is 16.4 Å². The van der Waals surface area contributed by atoms with Gasteiger partial charge in [-0.3, -0.25) is 9.59 Å². The Morgan fingerprint density at radius 1 is 1.11 bits per heavy atom. The second-order valence-corrected chi connectivity index (χ2v) is 6.94. The Labute approximate surface area is 164 Å². The highest BCUT2D eigenvalue weighted by Crippen LogP contribution is 2.26. The molecule has 0 radical (unpaired) electrons. The molecule has 0 saturated carbocycles. The van der Waals surface area contributed by atoms with Gasteiger partial charge >= 0.3 is 0 Å². The molecular weight excluding hydrogens is 384 g/mol. The second-order valence-electron chi connectivity index (χ2n) is 6.08. The molecule has 2 aromatic carbocycles. The molecule has 1 atom stereocenters. The smallest absolute Gasteiger partial charge is 0.228 e. The van der Waals surface area contributed by atoms with Gasteiger partial charge in [0.05, 0.1) is 18.2 Å². The van der Waals surface area contributed by atoms with Gasteiger partial charge in [0, 0.05) is 17.9 Å². The van der Waals surface area contributed by atoms with E-state index in [1.54, 1.807) is 5.38 Å². The van der Waals surface area contributed by atoms with Gasteiger partial charge < -0.3 is 10.6 Å². The average molecular weight is 401 g/mol. The molecule has 5 nitrogen and oxygen atoms in total. The van der Waals surface area contributed by atoms with Crippen LogP contribution in [0.25, 0.3) is 11.3 Å². The van der Waals surface area contributed by atoms with Gasteiger partial charge in [-0.15, -0.1) is 11.3 Å². The second kappa shape index (κ2) is 8.71. The van der Waals surface area contributed by atoms with Crippen LogP contribution < -0.4 is 10.6 Å². The first-order chi connectivity index (χ1) is 13.4. The molecule has 0 fully saturated rings. The third-order valence-corrected chi connectivity index (χ3v) is 4.69. The van der Waals surface area contributed by atoms with Crippen LogP contribution in [0.2, 0.25) is 0 Å². The van der Waals surface area contributed by atoms with E-state index in [-0.39, 0.29) is 18.2 Å². The minimum Gasteiger partial charge on any atom is -0.349 e. The number of carbonyl (C=O) groups is 2. The van der Waals surface area contributed by atoms with Crippen molar-refractivity contribution in [2.75, 3.05) is 5.32 Å². The SMILES string of the molecule is CC(=O)NC(CC(=O)Nc1nc(-c2ccc(F)c(F)c2)cs1)c1ccccc1. The molecule has 144 valence electrons. The quantitative estimate of drug-likeness (QED) is 0.647. The van der Waals surface area contributed by atoms with Gasteiger partial charge in [-0.25, -0.2) is 13.8 Å².